The number of hydrogen-bond donors (Lipinski definition) is 2. The van der Waals surface area contributed by atoms with E-state index in [1.54, 1.807) is 11.3 Å². The summed E-state index contributed by atoms with van der Waals surface area (Å²) in [6.45, 7) is 6.00. The second-order valence-corrected chi connectivity index (χ2v) is 7.30. The molecule has 0 unspecified atom stereocenters. The minimum atomic E-state index is 0.542. The zero-order valence-electron chi connectivity index (χ0n) is 13.9. The maximum absolute atomic E-state index is 6.19. The standard InChI is InChI=1S/C17H25N5S/c1-3-4-7-13-21-14-15(22(13)9-6-5-8-18)16-12(20-17(14)19)10-11(2)23-16/h10H,3-9,18H2,1-2H3,(H2,19,20). The molecule has 0 spiro atoms. The highest BCUT2D eigenvalue weighted by atomic mass is 32.1. The highest BCUT2D eigenvalue weighted by Gasteiger charge is 2.18. The highest BCUT2D eigenvalue weighted by molar-refractivity contribution is 7.19. The van der Waals surface area contributed by atoms with Gasteiger partial charge in [0.1, 0.15) is 11.3 Å². The first-order valence-electron chi connectivity index (χ1n) is 8.40. The smallest absolute Gasteiger partial charge is 0.152 e. The molecule has 3 aromatic rings. The van der Waals surface area contributed by atoms with Crippen molar-refractivity contribution in [1.82, 2.24) is 14.5 Å². The zero-order chi connectivity index (χ0) is 16.4. The van der Waals surface area contributed by atoms with E-state index in [9.17, 15) is 0 Å². The molecule has 124 valence electrons. The lowest BCUT2D eigenvalue weighted by Crippen LogP contribution is -2.07. The van der Waals surface area contributed by atoms with Crippen molar-refractivity contribution in [3.8, 4) is 0 Å². The first-order valence-corrected chi connectivity index (χ1v) is 9.22. The first-order chi connectivity index (χ1) is 11.2. The Morgan fingerprint density at radius 3 is 2.78 bits per heavy atom. The fourth-order valence-electron chi connectivity index (χ4n) is 3.03. The van der Waals surface area contributed by atoms with Gasteiger partial charge in [-0.25, -0.2) is 9.97 Å². The van der Waals surface area contributed by atoms with Crippen LogP contribution in [-0.4, -0.2) is 21.1 Å². The molecule has 0 aliphatic rings. The number of fused-ring (bicyclic) bond motifs is 3. The lowest BCUT2D eigenvalue weighted by Gasteiger charge is -2.09. The molecular weight excluding hydrogens is 306 g/mol. The number of thiophene rings is 1. The van der Waals surface area contributed by atoms with Crippen molar-refractivity contribution in [1.29, 1.82) is 0 Å². The molecule has 3 heterocycles. The van der Waals surface area contributed by atoms with Gasteiger partial charge in [-0.15, -0.1) is 11.3 Å². The second kappa shape index (κ2) is 6.84. The number of unbranched alkanes of at least 4 members (excludes halogenated alkanes) is 2. The van der Waals surface area contributed by atoms with Crippen molar-refractivity contribution in [2.24, 2.45) is 5.73 Å². The van der Waals surface area contributed by atoms with Crippen LogP contribution in [0.25, 0.3) is 21.3 Å². The first kappa shape index (κ1) is 16.2. The Morgan fingerprint density at radius 2 is 2.04 bits per heavy atom. The van der Waals surface area contributed by atoms with Crippen LogP contribution in [0.15, 0.2) is 6.07 Å². The number of aromatic nitrogens is 3. The molecule has 0 fully saturated rings. The summed E-state index contributed by atoms with van der Waals surface area (Å²) in [5, 5.41) is 0. The SMILES string of the molecule is CCCCc1nc2c(N)nc3cc(C)sc3c2n1CCCCN. The van der Waals surface area contributed by atoms with Crippen LogP contribution in [0.1, 0.15) is 43.3 Å². The number of anilines is 1. The lowest BCUT2D eigenvalue weighted by molar-refractivity contribution is 0.593. The van der Waals surface area contributed by atoms with Crippen LogP contribution in [0.5, 0.6) is 0 Å². The molecule has 3 rings (SSSR count). The summed E-state index contributed by atoms with van der Waals surface area (Å²) in [5.41, 5.74) is 14.9. The van der Waals surface area contributed by atoms with Gasteiger partial charge in [-0.2, -0.15) is 0 Å². The summed E-state index contributed by atoms with van der Waals surface area (Å²) < 4.78 is 3.56. The van der Waals surface area contributed by atoms with E-state index in [0.717, 1.165) is 67.6 Å². The van der Waals surface area contributed by atoms with Gasteiger partial charge in [0.05, 0.1) is 15.7 Å². The Hall–Kier alpha value is -1.66. The van der Waals surface area contributed by atoms with Gasteiger partial charge < -0.3 is 16.0 Å². The van der Waals surface area contributed by atoms with E-state index in [1.807, 2.05) is 0 Å². The average Bonchev–Trinajstić information content (AvgIpc) is 3.06. The molecule has 3 aromatic heterocycles. The average molecular weight is 331 g/mol. The normalized spacial score (nSPS) is 11.8. The molecule has 0 bridgehead atoms. The number of hydrogen-bond acceptors (Lipinski definition) is 5. The third kappa shape index (κ3) is 3.05. The molecule has 0 atom stereocenters. The Morgan fingerprint density at radius 1 is 1.22 bits per heavy atom. The van der Waals surface area contributed by atoms with Crippen LogP contribution in [0.4, 0.5) is 5.82 Å². The zero-order valence-corrected chi connectivity index (χ0v) is 14.7. The van der Waals surface area contributed by atoms with Crippen LogP contribution in [0, 0.1) is 6.92 Å². The van der Waals surface area contributed by atoms with Crippen molar-refractivity contribution in [3.05, 3.63) is 16.8 Å². The Labute approximate surface area is 140 Å². The maximum Gasteiger partial charge on any atom is 0.152 e. The topological polar surface area (TPSA) is 82.8 Å². The quantitative estimate of drug-likeness (QED) is 0.648. The Kier molecular flexibility index (Phi) is 4.82. The number of nitrogen functional groups attached to an aromatic ring is 1. The molecular formula is C17H25N5S. The van der Waals surface area contributed by atoms with E-state index >= 15 is 0 Å². The molecule has 0 aliphatic heterocycles. The number of rotatable bonds is 7. The third-order valence-corrected chi connectivity index (χ3v) is 5.22. The van der Waals surface area contributed by atoms with Crippen LogP contribution >= 0.6 is 11.3 Å². The van der Waals surface area contributed by atoms with E-state index in [1.165, 1.54) is 9.58 Å². The molecule has 0 saturated carbocycles. The molecule has 0 aromatic carbocycles. The molecule has 4 N–H and O–H groups in total. The molecule has 0 aliphatic carbocycles. The van der Waals surface area contributed by atoms with E-state index in [-0.39, 0.29) is 0 Å². The van der Waals surface area contributed by atoms with E-state index in [2.05, 4.69) is 29.5 Å². The van der Waals surface area contributed by atoms with Gasteiger partial charge in [0.25, 0.3) is 0 Å². The van der Waals surface area contributed by atoms with Crippen molar-refractivity contribution >= 4 is 38.4 Å². The third-order valence-electron chi connectivity index (χ3n) is 4.17. The predicted molar refractivity (Wildman–Crippen MR) is 99.0 cm³/mol. The fraction of sp³-hybridized carbons (Fsp3) is 0.529. The summed E-state index contributed by atoms with van der Waals surface area (Å²) in [7, 11) is 0. The predicted octanol–water partition coefficient (Wildman–Crippen LogP) is 3.62. The Bertz CT molecular complexity index is 817. The van der Waals surface area contributed by atoms with Crippen LogP contribution in [0.2, 0.25) is 0 Å². The molecule has 0 radical (unpaired) electrons. The minimum Gasteiger partial charge on any atom is -0.382 e. The van der Waals surface area contributed by atoms with Gasteiger partial charge in [0.15, 0.2) is 5.82 Å². The van der Waals surface area contributed by atoms with Crippen molar-refractivity contribution in [2.45, 2.75) is 52.5 Å². The summed E-state index contributed by atoms with van der Waals surface area (Å²) >= 11 is 1.78. The van der Waals surface area contributed by atoms with Crippen molar-refractivity contribution in [2.75, 3.05) is 12.3 Å². The summed E-state index contributed by atoms with van der Waals surface area (Å²) in [6, 6.07) is 2.11. The van der Waals surface area contributed by atoms with Crippen LogP contribution in [-0.2, 0) is 13.0 Å². The van der Waals surface area contributed by atoms with Gasteiger partial charge in [-0.1, -0.05) is 13.3 Å². The molecule has 23 heavy (non-hydrogen) atoms. The highest BCUT2D eigenvalue weighted by Crippen LogP contribution is 2.34. The number of nitrogens with zero attached hydrogens (tertiary/aromatic N) is 3. The van der Waals surface area contributed by atoms with Crippen molar-refractivity contribution in [3.63, 3.8) is 0 Å². The van der Waals surface area contributed by atoms with Gasteiger partial charge in [-0.05, 0) is 38.8 Å². The number of aryl methyl sites for hydroxylation is 3. The molecule has 6 heteroatoms. The number of nitrogens with two attached hydrogens (primary N) is 2. The van der Waals surface area contributed by atoms with Crippen molar-refractivity contribution < 1.29 is 0 Å². The molecule has 0 amide bonds. The van der Waals surface area contributed by atoms with E-state index in [4.69, 9.17) is 16.5 Å². The monoisotopic (exact) mass is 331 g/mol. The summed E-state index contributed by atoms with van der Waals surface area (Å²) in [4.78, 5) is 10.6. The summed E-state index contributed by atoms with van der Waals surface area (Å²) in [5.74, 6) is 1.67. The van der Waals surface area contributed by atoms with Gasteiger partial charge in [0, 0.05) is 17.8 Å². The number of imidazole rings is 1. The van der Waals surface area contributed by atoms with Gasteiger partial charge in [0.2, 0.25) is 0 Å². The maximum atomic E-state index is 6.19. The van der Waals surface area contributed by atoms with E-state index < -0.39 is 0 Å². The van der Waals surface area contributed by atoms with Gasteiger partial charge >= 0.3 is 0 Å². The molecule has 0 saturated heterocycles. The lowest BCUT2D eigenvalue weighted by atomic mass is 10.2. The Balaban J connectivity index is 2.19. The van der Waals surface area contributed by atoms with Crippen LogP contribution in [0.3, 0.4) is 0 Å². The van der Waals surface area contributed by atoms with Crippen LogP contribution < -0.4 is 11.5 Å². The summed E-state index contributed by atoms with van der Waals surface area (Å²) in [6.07, 6.45) is 5.38. The minimum absolute atomic E-state index is 0.542. The van der Waals surface area contributed by atoms with E-state index in [0.29, 0.717) is 5.82 Å². The largest absolute Gasteiger partial charge is 0.382 e. The van der Waals surface area contributed by atoms with Gasteiger partial charge in [-0.3, -0.25) is 0 Å². The fourth-order valence-corrected chi connectivity index (χ4v) is 4.03. The second-order valence-electron chi connectivity index (χ2n) is 6.04. The number of pyridine rings is 1. The molecule has 5 nitrogen and oxygen atoms in total.